The molecule has 4 N–H and O–H groups in total. The van der Waals surface area contributed by atoms with Gasteiger partial charge in [-0.3, -0.25) is 5.14 Å². The van der Waals surface area contributed by atoms with Gasteiger partial charge in [-0.15, -0.1) is 0 Å². The Hall–Kier alpha value is -1.27. The maximum Gasteiger partial charge on any atom is 0.393 e. The van der Waals surface area contributed by atoms with E-state index in [1.807, 2.05) is 22.8 Å². The molecule has 38 heavy (non-hydrogen) atoms. The predicted molar refractivity (Wildman–Crippen MR) is 152 cm³/mol. The van der Waals surface area contributed by atoms with Gasteiger partial charge in [-0.2, -0.15) is 13.2 Å². The van der Waals surface area contributed by atoms with Gasteiger partial charge in [-0.25, -0.2) is 9.19 Å². The number of nitrogens with two attached hydrogens (primary N) is 2. The van der Waals surface area contributed by atoms with E-state index in [2.05, 4.69) is 19.6 Å². The molecule has 1 saturated carbocycles. The van der Waals surface area contributed by atoms with Crippen molar-refractivity contribution in [2.24, 2.45) is 22.2 Å². The van der Waals surface area contributed by atoms with Crippen LogP contribution >= 0.6 is 0 Å². The molecule has 3 atom stereocenters. The summed E-state index contributed by atoms with van der Waals surface area (Å²) in [6.45, 7) is 13.4. The molecule has 1 aromatic heterocycles. The monoisotopic (exact) mass is 574 g/mol. The van der Waals surface area contributed by atoms with E-state index in [1.54, 1.807) is 13.8 Å². The summed E-state index contributed by atoms with van der Waals surface area (Å²) in [6.07, 6.45) is -2.24. The third-order valence-electron chi connectivity index (χ3n) is 7.71. The van der Waals surface area contributed by atoms with Crippen molar-refractivity contribution in [2.45, 2.75) is 109 Å². The zero-order valence-electron chi connectivity index (χ0n) is 23.8. The van der Waals surface area contributed by atoms with Crippen molar-refractivity contribution in [1.82, 2.24) is 9.55 Å². The molecule has 1 heterocycles. The minimum atomic E-state index is -4.41. The molecule has 1 aliphatic carbocycles. The van der Waals surface area contributed by atoms with E-state index in [9.17, 15) is 17.4 Å². The van der Waals surface area contributed by atoms with Crippen LogP contribution in [0.4, 0.5) is 13.2 Å². The lowest BCUT2D eigenvalue weighted by Gasteiger charge is -2.34. The zero-order valence-corrected chi connectivity index (χ0v) is 25.6. The number of fused-ring (bicyclic) bond motifs is 1. The molecule has 6 nitrogen and oxygen atoms in total. The van der Waals surface area contributed by atoms with Crippen LogP contribution in [-0.2, 0) is 22.5 Å². The van der Waals surface area contributed by atoms with Crippen molar-refractivity contribution in [3.05, 3.63) is 29.6 Å². The van der Waals surface area contributed by atoms with Gasteiger partial charge in [0.1, 0.15) is 12.6 Å². The van der Waals surface area contributed by atoms with Gasteiger partial charge in [0.25, 0.3) is 0 Å². The Morgan fingerprint density at radius 3 is 2.32 bits per heavy atom. The standard InChI is InChI=1S/C27H45F3N4O2SSi/c1-25(2,27(28,29)30)15-20(16-26(3,4)37(32)35)24-33-21-14-19(23(31)18-8-9-18)10-11-22(21)34(24)17-36-12-13-38(5,6)7/h10-11,14,18,20,23H,8-9,12-13,15-17,31-32H2,1-7H3/t20-,23+,37?/m0/s1. The van der Waals surface area contributed by atoms with Crippen LogP contribution in [0.3, 0.4) is 0 Å². The Kier molecular flexibility index (Phi) is 9.30. The highest BCUT2D eigenvalue weighted by molar-refractivity contribution is 7.84. The van der Waals surface area contributed by atoms with Gasteiger partial charge in [0, 0.05) is 26.6 Å². The van der Waals surface area contributed by atoms with Crippen molar-refractivity contribution in [1.29, 1.82) is 0 Å². The number of halogens is 3. The summed E-state index contributed by atoms with van der Waals surface area (Å²) in [7, 11) is -3.06. The Labute approximate surface area is 228 Å². The second-order valence-electron chi connectivity index (χ2n) is 13.4. The Balaban J connectivity index is 2.08. The van der Waals surface area contributed by atoms with Crippen LogP contribution in [0.25, 0.3) is 11.0 Å². The first-order chi connectivity index (χ1) is 17.3. The first-order valence-electron chi connectivity index (χ1n) is 13.4. The second-order valence-corrected chi connectivity index (χ2v) is 20.7. The highest BCUT2D eigenvalue weighted by Gasteiger charge is 2.49. The number of aromatic nitrogens is 2. The van der Waals surface area contributed by atoms with Crippen molar-refractivity contribution >= 4 is 30.1 Å². The molecular weight excluding hydrogens is 529 g/mol. The van der Waals surface area contributed by atoms with Crippen molar-refractivity contribution in [2.75, 3.05) is 6.61 Å². The molecule has 0 amide bonds. The summed E-state index contributed by atoms with van der Waals surface area (Å²) in [5, 5.41) is 5.77. The zero-order chi connectivity index (χ0) is 28.7. The molecule has 1 fully saturated rings. The fraction of sp³-hybridized carbons (Fsp3) is 0.741. The number of nitrogens with zero attached hydrogens (tertiary/aromatic N) is 2. The molecule has 0 radical (unpaired) electrons. The minimum Gasteiger partial charge on any atom is -0.361 e. The lowest BCUT2D eigenvalue weighted by atomic mass is 9.78. The summed E-state index contributed by atoms with van der Waals surface area (Å²) in [4.78, 5) is 4.90. The lowest BCUT2D eigenvalue weighted by molar-refractivity contribution is -0.215. The Morgan fingerprint density at radius 2 is 1.79 bits per heavy atom. The van der Waals surface area contributed by atoms with Gasteiger partial charge in [0.15, 0.2) is 0 Å². The largest absolute Gasteiger partial charge is 0.393 e. The summed E-state index contributed by atoms with van der Waals surface area (Å²) < 4.78 is 61.5. The molecule has 3 rings (SSSR count). The summed E-state index contributed by atoms with van der Waals surface area (Å²) in [6, 6.07) is 6.78. The normalized spacial score (nSPS) is 18.1. The van der Waals surface area contributed by atoms with Crippen LogP contribution in [0.1, 0.15) is 76.7 Å². The quantitative estimate of drug-likeness (QED) is 0.208. The first kappa shape index (κ1) is 31.3. The number of hydrogen-bond acceptors (Lipinski definition) is 4. The number of benzene rings is 1. The van der Waals surface area contributed by atoms with Crippen LogP contribution in [0, 0.1) is 11.3 Å². The van der Waals surface area contributed by atoms with Crippen LogP contribution in [0.15, 0.2) is 18.2 Å². The Morgan fingerprint density at radius 1 is 1.16 bits per heavy atom. The SMILES string of the molecule is CC(C)(C[C@H](CC(C)(C)C(F)(F)F)c1nc2cc([C@H](N)C3CC3)ccc2n1COCC[Si](C)(C)C)S(N)=O. The van der Waals surface area contributed by atoms with Crippen molar-refractivity contribution < 1.29 is 22.1 Å². The number of imidazole rings is 1. The van der Waals surface area contributed by atoms with E-state index in [4.69, 9.17) is 20.6 Å². The highest BCUT2D eigenvalue weighted by atomic mass is 32.2. The molecule has 216 valence electrons. The molecule has 2 aromatic rings. The average molecular weight is 575 g/mol. The van der Waals surface area contributed by atoms with E-state index in [1.165, 1.54) is 13.8 Å². The molecule has 11 heteroatoms. The van der Waals surface area contributed by atoms with Crippen molar-refractivity contribution in [3.63, 3.8) is 0 Å². The van der Waals surface area contributed by atoms with Crippen LogP contribution in [-0.4, -0.2) is 39.4 Å². The molecule has 0 spiro atoms. The molecular formula is C27H45F3N4O2SSi. The fourth-order valence-electron chi connectivity index (χ4n) is 4.74. The third kappa shape index (κ3) is 7.68. The Bertz CT molecular complexity index is 1140. The summed E-state index contributed by atoms with van der Waals surface area (Å²) in [5.41, 5.74) is 6.93. The van der Waals surface area contributed by atoms with Crippen molar-refractivity contribution in [3.8, 4) is 0 Å². The number of alkyl halides is 3. The maximum atomic E-state index is 14.0. The van der Waals surface area contributed by atoms with Crippen LogP contribution in [0.2, 0.25) is 25.7 Å². The second kappa shape index (κ2) is 11.3. The van der Waals surface area contributed by atoms with E-state index < -0.39 is 41.3 Å². The minimum absolute atomic E-state index is 0.0838. The van der Waals surface area contributed by atoms with E-state index in [0.29, 0.717) is 23.9 Å². The molecule has 0 saturated heterocycles. The smallest absolute Gasteiger partial charge is 0.361 e. The molecule has 1 aliphatic rings. The van der Waals surface area contributed by atoms with Gasteiger partial charge in [0.05, 0.1) is 32.2 Å². The van der Waals surface area contributed by atoms with Crippen LogP contribution < -0.4 is 10.9 Å². The topological polar surface area (TPSA) is 96.2 Å². The van der Waals surface area contributed by atoms with Gasteiger partial charge < -0.3 is 15.0 Å². The lowest BCUT2D eigenvalue weighted by Crippen LogP contribution is -2.38. The first-order valence-corrected chi connectivity index (χ1v) is 18.3. The molecule has 1 aromatic carbocycles. The van der Waals surface area contributed by atoms with Gasteiger partial charge in [-0.1, -0.05) is 39.6 Å². The fourth-order valence-corrected chi connectivity index (χ4v) is 5.87. The average Bonchev–Trinajstić information content (AvgIpc) is 3.55. The number of rotatable bonds is 13. The van der Waals surface area contributed by atoms with Crippen LogP contribution in [0.5, 0.6) is 0 Å². The number of hydrogen-bond donors (Lipinski definition) is 2. The third-order valence-corrected chi connectivity index (χ3v) is 10.7. The summed E-state index contributed by atoms with van der Waals surface area (Å²) >= 11 is 0. The predicted octanol–water partition coefficient (Wildman–Crippen LogP) is 6.61. The van der Waals surface area contributed by atoms with Gasteiger partial charge >= 0.3 is 6.18 Å². The highest BCUT2D eigenvalue weighted by Crippen LogP contribution is 2.47. The molecule has 1 unspecified atom stereocenters. The van der Waals surface area contributed by atoms with E-state index in [-0.39, 0.29) is 25.6 Å². The number of ether oxygens (including phenoxy) is 1. The van der Waals surface area contributed by atoms with Gasteiger partial charge in [0.2, 0.25) is 0 Å². The van der Waals surface area contributed by atoms with Gasteiger partial charge in [-0.05, 0) is 69.2 Å². The van der Waals surface area contributed by atoms with E-state index in [0.717, 1.165) is 30.0 Å². The van der Waals surface area contributed by atoms with E-state index >= 15 is 0 Å². The maximum absolute atomic E-state index is 14.0. The molecule has 0 bridgehead atoms. The molecule has 0 aliphatic heterocycles. The summed E-state index contributed by atoms with van der Waals surface area (Å²) in [5.74, 6) is 0.309.